The summed E-state index contributed by atoms with van der Waals surface area (Å²) in [7, 11) is 1.84. The first-order chi connectivity index (χ1) is 18.3. The van der Waals surface area contributed by atoms with E-state index in [-0.39, 0.29) is 35.1 Å². The number of carbonyl (C=O) groups excluding carboxylic acids is 4. The van der Waals surface area contributed by atoms with Gasteiger partial charge in [-0.1, -0.05) is 41.9 Å². The van der Waals surface area contributed by atoms with Crippen molar-refractivity contribution in [3.8, 4) is 0 Å². The van der Waals surface area contributed by atoms with Crippen LogP contribution in [0.1, 0.15) is 44.9 Å². The summed E-state index contributed by atoms with van der Waals surface area (Å²) in [5, 5.41) is 5.26. The van der Waals surface area contributed by atoms with E-state index in [9.17, 15) is 14.0 Å². The van der Waals surface area contributed by atoms with Crippen molar-refractivity contribution in [1.82, 2.24) is 24.6 Å². The molecule has 11 heteroatoms. The lowest BCUT2D eigenvalue weighted by Gasteiger charge is -2.31. The molecule has 1 N–H and O–H groups in total. The molecule has 1 aliphatic heterocycles. The lowest BCUT2D eigenvalue weighted by Crippen LogP contribution is -2.41. The number of carbonyl (C=O) groups is 2. The minimum atomic E-state index is -0.471. The van der Waals surface area contributed by atoms with Gasteiger partial charge in [-0.25, -0.2) is 4.39 Å². The van der Waals surface area contributed by atoms with Crippen molar-refractivity contribution in [2.24, 2.45) is 0 Å². The third kappa shape index (κ3) is 4.38. The Bertz CT molecular complexity index is 1570. The van der Waals surface area contributed by atoms with Gasteiger partial charge >= 0.3 is 6.15 Å². The standard InChI is InChI=1S/C26H23ClFN5O2.CO2/c1-31(26(7-8-26)16-5-3-2-4-6-16)24(34)19-14-29-33-10-9-32(15-23(19)33)25(35)22-13-18-20(27)11-17(28)12-21(18)30-22;2-1-3/h2-6,11-14,30H,7-10,15H2,1H3;. The second-order valence-electron chi connectivity index (χ2n) is 9.33. The van der Waals surface area contributed by atoms with E-state index in [1.807, 2.05) is 30.1 Å². The highest BCUT2D eigenvalue weighted by atomic mass is 35.5. The van der Waals surface area contributed by atoms with Crippen molar-refractivity contribution >= 4 is 40.5 Å². The smallest absolute Gasteiger partial charge is 0.350 e. The summed E-state index contributed by atoms with van der Waals surface area (Å²) in [5.74, 6) is -0.809. The molecule has 0 unspecified atom stereocenters. The van der Waals surface area contributed by atoms with Crippen LogP contribution in [0.3, 0.4) is 0 Å². The molecule has 0 spiro atoms. The zero-order valence-electron chi connectivity index (χ0n) is 20.4. The maximum absolute atomic E-state index is 13.7. The first kappa shape index (κ1) is 25.4. The molecule has 9 nitrogen and oxygen atoms in total. The Kier molecular flexibility index (Phi) is 6.60. The number of aromatic nitrogens is 3. The number of nitrogens with one attached hydrogen (secondary N) is 1. The molecule has 1 aliphatic carbocycles. The molecule has 2 aromatic heterocycles. The van der Waals surface area contributed by atoms with Crippen LogP contribution < -0.4 is 0 Å². The fourth-order valence-corrected chi connectivity index (χ4v) is 5.36. The van der Waals surface area contributed by atoms with Crippen molar-refractivity contribution in [1.29, 1.82) is 0 Å². The van der Waals surface area contributed by atoms with Crippen molar-refractivity contribution in [3.05, 3.63) is 88.1 Å². The number of halogens is 2. The number of amides is 2. The van der Waals surface area contributed by atoms with E-state index in [0.29, 0.717) is 40.9 Å². The molecule has 2 aromatic carbocycles. The summed E-state index contributed by atoms with van der Waals surface area (Å²) in [6.45, 7) is 1.18. The van der Waals surface area contributed by atoms with Crippen molar-refractivity contribution < 1.29 is 23.6 Å². The Balaban J connectivity index is 0.000000937. The Morgan fingerprint density at radius 1 is 1.13 bits per heavy atom. The molecule has 0 atom stereocenters. The summed E-state index contributed by atoms with van der Waals surface area (Å²) in [4.78, 5) is 49.6. The summed E-state index contributed by atoms with van der Waals surface area (Å²) in [5.41, 5.74) is 2.85. The average Bonchev–Trinajstić information content (AvgIpc) is 3.44. The number of hydrogen-bond donors (Lipinski definition) is 1. The zero-order valence-corrected chi connectivity index (χ0v) is 21.2. The molecule has 0 bridgehead atoms. The molecule has 2 aliphatic rings. The molecular weight excluding hydrogens is 513 g/mol. The fraction of sp³-hybridized carbons (Fsp3) is 0.259. The van der Waals surface area contributed by atoms with Crippen molar-refractivity contribution in [3.63, 3.8) is 0 Å². The highest BCUT2D eigenvalue weighted by Crippen LogP contribution is 2.50. The number of H-pyrrole nitrogens is 1. The van der Waals surface area contributed by atoms with Crippen molar-refractivity contribution in [2.45, 2.75) is 31.5 Å². The third-order valence-corrected chi connectivity index (χ3v) is 7.57. The van der Waals surface area contributed by atoms with E-state index in [1.165, 1.54) is 12.1 Å². The van der Waals surface area contributed by atoms with Crippen LogP contribution in [-0.4, -0.2) is 56.1 Å². The topological polar surface area (TPSA) is 108 Å². The second kappa shape index (κ2) is 9.89. The number of benzene rings is 2. The second-order valence-corrected chi connectivity index (χ2v) is 9.74. The van der Waals surface area contributed by atoms with Crippen LogP contribution in [0.5, 0.6) is 0 Å². The first-order valence-corrected chi connectivity index (χ1v) is 12.3. The predicted molar refractivity (Wildman–Crippen MR) is 135 cm³/mol. The van der Waals surface area contributed by atoms with Gasteiger partial charge in [-0.2, -0.15) is 14.7 Å². The third-order valence-electron chi connectivity index (χ3n) is 7.25. The van der Waals surface area contributed by atoms with Gasteiger partial charge in [-0.05, 0) is 36.6 Å². The molecule has 1 saturated carbocycles. The predicted octanol–water partition coefficient (Wildman–Crippen LogP) is 3.99. The maximum Gasteiger partial charge on any atom is 0.373 e. The minimum absolute atomic E-state index is 0.102. The lowest BCUT2D eigenvalue weighted by molar-refractivity contribution is -0.191. The largest absolute Gasteiger partial charge is 0.373 e. The van der Waals surface area contributed by atoms with Gasteiger partial charge in [0.05, 0.1) is 46.6 Å². The highest BCUT2D eigenvalue weighted by molar-refractivity contribution is 6.35. The molecular formula is C27H23ClFN5O4. The maximum atomic E-state index is 13.7. The Morgan fingerprint density at radius 3 is 2.53 bits per heavy atom. The summed E-state index contributed by atoms with van der Waals surface area (Å²) < 4.78 is 15.5. The van der Waals surface area contributed by atoms with Crippen LogP contribution >= 0.6 is 11.6 Å². The van der Waals surface area contributed by atoms with Gasteiger partial charge in [-0.15, -0.1) is 0 Å². The molecule has 0 radical (unpaired) electrons. The molecule has 38 heavy (non-hydrogen) atoms. The van der Waals surface area contributed by atoms with Crippen LogP contribution in [-0.2, 0) is 28.2 Å². The monoisotopic (exact) mass is 535 g/mol. The van der Waals surface area contributed by atoms with E-state index in [1.54, 1.807) is 21.8 Å². The van der Waals surface area contributed by atoms with Gasteiger partial charge in [0.1, 0.15) is 11.5 Å². The van der Waals surface area contributed by atoms with Crippen LogP contribution in [0.15, 0.2) is 54.7 Å². The lowest BCUT2D eigenvalue weighted by atomic mass is 10.0. The van der Waals surface area contributed by atoms with Gasteiger partial charge < -0.3 is 14.8 Å². The van der Waals surface area contributed by atoms with E-state index < -0.39 is 5.82 Å². The van der Waals surface area contributed by atoms with Gasteiger partial charge in [0.25, 0.3) is 11.8 Å². The molecule has 6 rings (SSSR count). The van der Waals surface area contributed by atoms with Crippen LogP contribution in [0.2, 0.25) is 5.02 Å². The number of fused-ring (bicyclic) bond motifs is 2. The Hall–Kier alpha value is -4.27. The van der Waals surface area contributed by atoms with Gasteiger partial charge in [-0.3, -0.25) is 14.3 Å². The quantitative estimate of drug-likeness (QED) is 0.425. The molecule has 194 valence electrons. The number of rotatable bonds is 4. The van der Waals surface area contributed by atoms with Gasteiger partial charge in [0.15, 0.2) is 0 Å². The van der Waals surface area contributed by atoms with E-state index in [2.05, 4.69) is 22.2 Å². The van der Waals surface area contributed by atoms with Crippen LogP contribution in [0, 0.1) is 5.82 Å². The Labute approximate surface area is 221 Å². The highest BCUT2D eigenvalue weighted by Gasteiger charge is 2.50. The normalized spacial score (nSPS) is 15.2. The minimum Gasteiger partial charge on any atom is -0.350 e. The number of nitrogens with zero attached hydrogens (tertiary/aromatic N) is 4. The average molecular weight is 536 g/mol. The van der Waals surface area contributed by atoms with Crippen LogP contribution in [0.4, 0.5) is 4.39 Å². The fourth-order valence-electron chi connectivity index (χ4n) is 5.10. The van der Waals surface area contributed by atoms with Crippen molar-refractivity contribution in [2.75, 3.05) is 13.6 Å². The summed E-state index contributed by atoms with van der Waals surface area (Å²) in [6.07, 6.45) is 3.68. The zero-order chi connectivity index (χ0) is 27.0. The summed E-state index contributed by atoms with van der Waals surface area (Å²) >= 11 is 6.15. The first-order valence-electron chi connectivity index (χ1n) is 11.9. The molecule has 2 amide bonds. The number of hydrogen-bond acceptors (Lipinski definition) is 5. The molecule has 1 fully saturated rings. The summed E-state index contributed by atoms with van der Waals surface area (Å²) in [6, 6.07) is 14.3. The number of aromatic amines is 1. The molecule has 3 heterocycles. The van der Waals surface area contributed by atoms with Crippen LogP contribution in [0.25, 0.3) is 10.9 Å². The van der Waals surface area contributed by atoms with E-state index >= 15 is 0 Å². The van der Waals surface area contributed by atoms with E-state index in [0.717, 1.165) is 18.4 Å². The Morgan fingerprint density at radius 2 is 1.84 bits per heavy atom. The SMILES string of the molecule is CN(C(=O)c1cnn2c1CN(C(=O)c1cc3c(Cl)cc(F)cc3[nH]1)CC2)C1(c2ccccc2)CC1.O=C=O. The molecule has 4 aromatic rings. The molecule has 0 saturated heterocycles. The van der Waals surface area contributed by atoms with Gasteiger partial charge in [0, 0.05) is 19.0 Å². The van der Waals surface area contributed by atoms with E-state index in [4.69, 9.17) is 21.2 Å². The van der Waals surface area contributed by atoms with Gasteiger partial charge in [0.2, 0.25) is 0 Å².